The van der Waals surface area contributed by atoms with Crippen LogP contribution in [0.2, 0.25) is 0 Å². The van der Waals surface area contributed by atoms with Crippen molar-refractivity contribution in [3.8, 4) is 11.3 Å². The average Bonchev–Trinajstić information content (AvgIpc) is 3.12. The molecule has 0 radical (unpaired) electrons. The topological polar surface area (TPSA) is 65.5 Å². The van der Waals surface area contributed by atoms with E-state index in [1.54, 1.807) is 7.11 Å². The molecule has 0 aliphatic heterocycles. The molecule has 0 saturated heterocycles. The van der Waals surface area contributed by atoms with Crippen LogP contribution >= 0.6 is 0 Å². The number of aromatic amines is 1. The molecule has 146 valence electrons. The lowest BCUT2D eigenvalue weighted by molar-refractivity contribution is 0.0727. The van der Waals surface area contributed by atoms with E-state index in [9.17, 15) is 0 Å². The molecule has 6 nitrogen and oxygen atoms in total. The third-order valence-electron chi connectivity index (χ3n) is 5.55. The zero-order valence-corrected chi connectivity index (χ0v) is 16.7. The Morgan fingerprint density at radius 2 is 2.11 bits per heavy atom. The Hall–Kier alpha value is -2.34. The largest absolute Gasteiger partial charge is 0.385 e. The summed E-state index contributed by atoms with van der Waals surface area (Å²) in [7, 11) is 5.65. The minimum Gasteiger partial charge on any atom is -0.385 e. The van der Waals surface area contributed by atoms with Gasteiger partial charge < -0.3 is 19.9 Å². The zero-order valence-electron chi connectivity index (χ0n) is 16.7. The highest BCUT2D eigenvalue weighted by atomic mass is 16.5. The molecule has 2 aromatic rings. The summed E-state index contributed by atoms with van der Waals surface area (Å²) in [5.74, 6) is 1.83. The standard InChI is InChI=1S/C21H31N5O/c1-22-20(24-16-21(10-7-11-21)12-13-27-3)26(2)15-19-23-14-18(25-19)17-8-5-4-6-9-17/h4-6,8-9,14H,7,10-13,15-16H2,1-3H3,(H,22,24)(H,23,25). The first-order valence-electron chi connectivity index (χ1n) is 9.66. The summed E-state index contributed by atoms with van der Waals surface area (Å²) in [5.41, 5.74) is 2.54. The maximum absolute atomic E-state index is 5.29. The zero-order chi connectivity index (χ0) is 19.1. The van der Waals surface area contributed by atoms with Crippen LogP contribution in [0.4, 0.5) is 0 Å². The first-order chi connectivity index (χ1) is 13.2. The second kappa shape index (κ2) is 9.04. The molecule has 2 N–H and O–H groups in total. The number of nitrogens with one attached hydrogen (secondary N) is 2. The normalized spacial score (nSPS) is 16.0. The number of ether oxygens (including phenoxy) is 1. The second-order valence-electron chi connectivity index (χ2n) is 7.46. The molecule has 27 heavy (non-hydrogen) atoms. The Labute approximate surface area is 162 Å². The molecule has 0 bridgehead atoms. The summed E-state index contributed by atoms with van der Waals surface area (Å²) in [6, 6.07) is 10.3. The van der Waals surface area contributed by atoms with Crippen LogP contribution in [0.5, 0.6) is 0 Å². The van der Waals surface area contributed by atoms with E-state index >= 15 is 0 Å². The maximum Gasteiger partial charge on any atom is 0.193 e. The Morgan fingerprint density at radius 1 is 1.33 bits per heavy atom. The van der Waals surface area contributed by atoms with Crippen LogP contribution in [0, 0.1) is 5.41 Å². The van der Waals surface area contributed by atoms with Crippen molar-refractivity contribution in [1.29, 1.82) is 0 Å². The summed E-state index contributed by atoms with van der Waals surface area (Å²) >= 11 is 0. The number of hydrogen-bond donors (Lipinski definition) is 2. The highest BCUT2D eigenvalue weighted by Crippen LogP contribution is 2.43. The van der Waals surface area contributed by atoms with Gasteiger partial charge in [-0.15, -0.1) is 0 Å². The Bertz CT molecular complexity index is 736. The van der Waals surface area contributed by atoms with Gasteiger partial charge in [-0.3, -0.25) is 4.99 Å². The van der Waals surface area contributed by atoms with Gasteiger partial charge in [-0.05, 0) is 30.2 Å². The van der Waals surface area contributed by atoms with Crippen molar-refractivity contribution >= 4 is 5.96 Å². The summed E-state index contributed by atoms with van der Waals surface area (Å²) < 4.78 is 5.29. The Morgan fingerprint density at radius 3 is 2.74 bits per heavy atom. The third-order valence-corrected chi connectivity index (χ3v) is 5.55. The molecule has 1 aliphatic carbocycles. The number of aliphatic imine (C=N–C) groups is 1. The van der Waals surface area contributed by atoms with E-state index in [0.29, 0.717) is 12.0 Å². The molecular weight excluding hydrogens is 338 g/mol. The number of imidazole rings is 1. The number of hydrogen-bond acceptors (Lipinski definition) is 3. The van der Waals surface area contributed by atoms with Crippen molar-refractivity contribution < 1.29 is 4.74 Å². The lowest BCUT2D eigenvalue weighted by atomic mass is 9.67. The van der Waals surface area contributed by atoms with E-state index in [1.807, 2.05) is 38.5 Å². The van der Waals surface area contributed by atoms with Crippen LogP contribution in [0.1, 0.15) is 31.5 Å². The van der Waals surface area contributed by atoms with Crippen molar-refractivity contribution in [2.45, 2.75) is 32.2 Å². The van der Waals surface area contributed by atoms with E-state index in [4.69, 9.17) is 4.74 Å². The molecule has 1 aliphatic rings. The van der Waals surface area contributed by atoms with Gasteiger partial charge in [0.15, 0.2) is 5.96 Å². The molecule has 0 amide bonds. The maximum atomic E-state index is 5.29. The number of methoxy groups -OCH3 is 1. The van der Waals surface area contributed by atoms with Gasteiger partial charge in [0.1, 0.15) is 5.82 Å². The van der Waals surface area contributed by atoms with E-state index in [-0.39, 0.29) is 0 Å². The highest BCUT2D eigenvalue weighted by molar-refractivity contribution is 5.79. The molecule has 1 aromatic heterocycles. The van der Waals surface area contributed by atoms with Crippen LogP contribution in [0.3, 0.4) is 0 Å². The SMILES string of the molecule is CN=C(NCC1(CCOC)CCC1)N(C)Cc1ncc(-c2ccccc2)[nH]1. The number of nitrogens with zero attached hydrogens (tertiary/aromatic N) is 3. The number of guanidine groups is 1. The van der Waals surface area contributed by atoms with E-state index in [1.165, 1.54) is 19.3 Å². The van der Waals surface area contributed by atoms with E-state index < -0.39 is 0 Å². The second-order valence-corrected chi connectivity index (χ2v) is 7.46. The lowest BCUT2D eigenvalue weighted by Gasteiger charge is -2.42. The molecule has 1 aromatic carbocycles. The van der Waals surface area contributed by atoms with Crippen molar-refractivity contribution in [3.05, 3.63) is 42.4 Å². The first kappa shape index (κ1) is 19.4. The molecule has 0 unspecified atom stereocenters. The van der Waals surface area contributed by atoms with Crippen molar-refractivity contribution in [1.82, 2.24) is 20.2 Å². The fourth-order valence-electron chi connectivity index (χ4n) is 3.67. The molecule has 0 atom stereocenters. The molecule has 3 rings (SSSR count). The molecule has 0 spiro atoms. The predicted molar refractivity (Wildman–Crippen MR) is 110 cm³/mol. The highest BCUT2D eigenvalue weighted by Gasteiger charge is 2.36. The Balaban J connectivity index is 1.56. The lowest BCUT2D eigenvalue weighted by Crippen LogP contribution is -2.47. The quantitative estimate of drug-likeness (QED) is 0.554. The molecule has 1 saturated carbocycles. The fraction of sp³-hybridized carbons (Fsp3) is 0.524. The van der Waals surface area contributed by atoms with Crippen LogP contribution in [-0.4, -0.2) is 55.2 Å². The van der Waals surface area contributed by atoms with Crippen LogP contribution in [0.15, 0.2) is 41.5 Å². The van der Waals surface area contributed by atoms with Gasteiger partial charge in [0.05, 0.1) is 18.4 Å². The fourth-order valence-corrected chi connectivity index (χ4v) is 3.67. The van der Waals surface area contributed by atoms with Gasteiger partial charge in [0, 0.05) is 34.4 Å². The van der Waals surface area contributed by atoms with E-state index in [0.717, 1.165) is 42.6 Å². The van der Waals surface area contributed by atoms with Crippen molar-refractivity contribution in [2.75, 3.05) is 34.4 Å². The van der Waals surface area contributed by atoms with Gasteiger partial charge in [-0.1, -0.05) is 36.8 Å². The summed E-state index contributed by atoms with van der Waals surface area (Å²) in [6.07, 6.45) is 6.85. The molecular formula is C21H31N5O. The Kier molecular flexibility index (Phi) is 6.50. The van der Waals surface area contributed by atoms with Gasteiger partial charge in [0.25, 0.3) is 0 Å². The molecule has 1 heterocycles. The van der Waals surface area contributed by atoms with Gasteiger partial charge >= 0.3 is 0 Å². The minimum atomic E-state index is 0.359. The molecule has 6 heteroatoms. The molecule has 1 fully saturated rings. The monoisotopic (exact) mass is 369 g/mol. The van der Waals surface area contributed by atoms with Gasteiger partial charge in [0.2, 0.25) is 0 Å². The first-order valence-corrected chi connectivity index (χ1v) is 9.66. The number of benzene rings is 1. The van der Waals surface area contributed by atoms with Crippen molar-refractivity contribution in [2.24, 2.45) is 10.4 Å². The smallest absolute Gasteiger partial charge is 0.193 e. The van der Waals surface area contributed by atoms with E-state index in [2.05, 4.69) is 37.3 Å². The van der Waals surface area contributed by atoms with Gasteiger partial charge in [-0.25, -0.2) is 4.98 Å². The number of aromatic nitrogens is 2. The van der Waals surface area contributed by atoms with Crippen molar-refractivity contribution in [3.63, 3.8) is 0 Å². The number of H-pyrrole nitrogens is 1. The van der Waals surface area contributed by atoms with Crippen LogP contribution in [-0.2, 0) is 11.3 Å². The summed E-state index contributed by atoms with van der Waals surface area (Å²) in [4.78, 5) is 14.5. The van der Waals surface area contributed by atoms with Crippen LogP contribution < -0.4 is 5.32 Å². The van der Waals surface area contributed by atoms with Crippen LogP contribution in [0.25, 0.3) is 11.3 Å². The third kappa shape index (κ3) is 4.89. The average molecular weight is 370 g/mol. The predicted octanol–water partition coefficient (Wildman–Crippen LogP) is 3.29. The van der Waals surface area contributed by atoms with Gasteiger partial charge in [-0.2, -0.15) is 0 Å². The summed E-state index contributed by atoms with van der Waals surface area (Å²) in [6.45, 7) is 2.45. The number of rotatable bonds is 8. The minimum absolute atomic E-state index is 0.359. The summed E-state index contributed by atoms with van der Waals surface area (Å²) in [5, 5.41) is 3.56.